The van der Waals surface area contributed by atoms with E-state index in [1.54, 1.807) is 0 Å². The summed E-state index contributed by atoms with van der Waals surface area (Å²) >= 11 is 0. The molecule has 15 heavy (non-hydrogen) atoms. The van der Waals surface area contributed by atoms with Crippen molar-refractivity contribution in [2.45, 2.75) is 12.3 Å². The number of carbonyl (C=O) groups is 2. The van der Waals surface area contributed by atoms with Crippen LogP contribution in [0.5, 0.6) is 0 Å². The molecule has 1 rings (SSSR count). The van der Waals surface area contributed by atoms with Crippen molar-refractivity contribution < 1.29 is 28.6 Å². The van der Waals surface area contributed by atoms with Crippen molar-refractivity contribution in [2.24, 2.45) is 11.8 Å². The molecule has 0 heterocycles. The van der Waals surface area contributed by atoms with E-state index < -0.39 is 42.8 Å². The summed E-state index contributed by atoms with van der Waals surface area (Å²) < 4.78 is 24.9. The van der Waals surface area contributed by atoms with Crippen molar-refractivity contribution in [2.75, 3.05) is 13.2 Å². The molecule has 0 aromatic heterocycles. The number of alkyl halides is 2. The molecule has 0 aromatic rings. The number of hydrogen-bond donors (Lipinski definition) is 3. The molecule has 3 N–H and O–H groups in total. The van der Waals surface area contributed by atoms with Gasteiger partial charge >= 0.3 is 5.97 Å². The first-order valence-electron chi connectivity index (χ1n) is 4.36. The molecule has 1 saturated carbocycles. The normalized spacial score (nSPS) is 24.7. The number of halogens is 2. The molecule has 0 saturated heterocycles. The van der Waals surface area contributed by atoms with Crippen LogP contribution in [0.1, 0.15) is 6.42 Å². The van der Waals surface area contributed by atoms with Crippen molar-refractivity contribution in [3.8, 4) is 0 Å². The molecule has 2 unspecified atom stereocenters. The number of hydrogen-bond acceptors (Lipinski definition) is 3. The number of aliphatic carboxylic acids is 1. The first-order chi connectivity index (χ1) is 6.87. The molecule has 0 aliphatic heterocycles. The fraction of sp³-hybridized carbons (Fsp3) is 0.750. The highest BCUT2D eigenvalue weighted by atomic mass is 19.3. The largest absolute Gasteiger partial charge is 0.481 e. The summed E-state index contributed by atoms with van der Waals surface area (Å²) in [4.78, 5) is 21.5. The van der Waals surface area contributed by atoms with Crippen LogP contribution in [0.4, 0.5) is 8.78 Å². The first-order valence-corrected chi connectivity index (χ1v) is 4.36. The van der Waals surface area contributed by atoms with Crippen molar-refractivity contribution in [1.82, 2.24) is 5.32 Å². The van der Waals surface area contributed by atoms with Crippen molar-refractivity contribution in [1.29, 1.82) is 0 Å². The highest BCUT2D eigenvalue weighted by Gasteiger charge is 2.48. The van der Waals surface area contributed by atoms with Crippen LogP contribution < -0.4 is 5.32 Å². The zero-order valence-electron chi connectivity index (χ0n) is 7.74. The molecule has 2 atom stereocenters. The van der Waals surface area contributed by atoms with Gasteiger partial charge in [0.2, 0.25) is 5.91 Å². The predicted octanol–water partition coefficient (Wildman–Crippen LogP) is -0.549. The lowest BCUT2D eigenvalue weighted by Gasteiger charge is -2.13. The number of aliphatic hydroxyl groups is 1. The average molecular weight is 223 g/mol. The maximum absolute atomic E-state index is 12.5. The molecule has 0 bridgehead atoms. The average Bonchev–Trinajstić information content (AvgIpc) is 2.94. The smallest absolute Gasteiger partial charge is 0.307 e. The molecule has 1 aliphatic carbocycles. The summed E-state index contributed by atoms with van der Waals surface area (Å²) in [6.07, 6.45) is 0.186. The van der Waals surface area contributed by atoms with Gasteiger partial charge in [0.15, 0.2) is 0 Å². The number of carboxylic acids is 1. The number of aliphatic hydroxyl groups excluding tert-OH is 1. The van der Waals surface area contributed by atoms with E-state index in [0.717, 1.165) is 0 Å². The minimum absolute atomic E-state index is 0.186. The van der Waals surface area contributed by atoms with Crippen LogP contribution in [0.3, 0.4) is 0 Å². The lowest BCUT2D eigenvalue weighted by molar-refractivity contribution is -0.140. The van der Waals surface area contributed by atoms with E-state index in [0.29, 0.717) is 0 Å². The molecule has 86 valence electrons. The van der Waals surface area contributed by atoms with Gasteiger partial charge in [-0.1, -0.05) is 0 Å². The minimum atomic E-state index is -3.36. The topological polar surface area (TPSA) is 86.6 Å². The van der Waals surface area contributed by atoms with E-state index in [1.165, 1.54) is 0 Å². The Hall–Kier alpha value is -1.24. The highest BCUT2D eigenvalue weighted by Crippen LogP contribution is 2.38. The Bertz CT molecular complexity index is 282. The maximum Gasteiger partial charge on any atom is 0.307 e. The summed E-state index contributed by atoms with van der Waals surface area (Å²) in [6.45, 7) is -2.31. The molecule has 0 aromatic carbocycles. The Morgan fingerprint density at radius 3 is 2.40 bits per heavy atom. The summed E-state index contributed by atoms with van der Waals surface area (Å²) in [5.41, 5.74) is 0. The molecule has 1 fully saturated rings. The van der Waals surface area contributed by atoms with Gasteiger partial charge in [0, 0.05) is 0 Å². The highest BCUT2D eigenvalue weighted by molar-refractivity contribution is 5.89. The number of nitrogens with one attached hydrogen (secondary N) is 1. The van der Waals surface area contributed by atoms with Crippen LogP contribution in [0.2, 0.25) is 0 Å². The van der Waals surface area contributed by atoms with Crippen LogP contribution in [0.25, 0.3) is 0 Å². The lowest BCUT2D eigenvalue weighted by atomic mass is 10.3. The first kappa shape index (κ1) is 11.8. The van der Waals surface area contributed by atoms with Gasteiger partial charge in [0.05, 0.1) is 18.4 Å². The van der Waals surface area contributed by atoms with Gasteiger partial charge < -0.3 is 15.5 Å². The monoisotopic (exact) mass is 223 g/mol. The van der Waals surface area contributed by atoms with Gasteiger partial charge in [0.1, 0.15) is 6.61 Å². The van der Waals surface area contributed by atoms with Crippen LogP contribution in [-0.2, 0) is 9.59 Å². The molecular weight excluding hydrogens is 212 g/mol. The van der Waals surface area contributed by atoms with Crippen molar-refractivity contribution >= 4 is 11.9 Å². The van der Waals surface area contributed by atoms with E-state index in [9.17, 15) is 18.4 Å². The van der Waals surface area contributed by atoms with Gasteiger partial charge in [0.25, 0.3) is 5.92 Å². The van der Waals surface area contributed by atoms with Crippen molar-refractivity contribution in [3.63, 3.8) is 0 Å². The third-order valence-corrected chi connectivity index (χ3v) is 2.20. The van der Waals surface area contributed by atoms with E-state index in [1.807, 2.05) is 5.32 Å². The Labute approximate surface area is 84.1 Å². The third-order valence-electron chi connectivity index (χ3n) is 2.20. The van der Waals surface area contributed by atoms with Gasteiger partial charge in [-0.3, -0.25) is 9.59 Å². The molecule has 1 aliphatic rings. The van der Waals surface area contributed by atoms with Crippen LogP contribution in [0.15, 0.2) is 0 Å². The van der Waals surface area contributed by atoms with Crippen LogP contribution in [0, 0.1) is 11.8 Å². The summed E-state index contributed by atoms with van der Waals surface area (Å²) in [5.74, 6) is -6.62. The Morgan fingerprint density at radius 2 is 2.00 bits per heavy atom. The molecule has 0 spiro atoms. The molecule has 0 radical (unpaired) electrons. The van der Waals surface area contributed by atoms with E-state index in [-0.39, 0.29) is 6.42 Å². The second kappa shape index (κ2) is 4.09. The van der Waals surface area contributed by atoms with Gasteiger partial charge in [-0.05, 0) is 6.42 Å². The van der Waals surface area contributed by atoms with Gasteiger partial charge in [-0.25, -0.2) is 8.78 Å². The molecular formula is C8H11F2NO4. The number of carboxylic acid groups (broad SMARTS) is 1. The Morgan fingerprint density at radius 1 is 1.40 bits per heavy atom. The second-order valence-corrected chi connectivity index (χ2v) is 3.52. The maximum atomic E-state index is 12.5. The SMILES string of the molecule is O=C(O)C1CC1C(=O)NCC(F)(F)CO. The molecule has 5 nitrogen and oxygen atoms in total. The quantitative estimate of drug-likeness (QED) is 0.583. The van der Waals surface area contributed by atoms with Crippen molar-refractivity contribution in [3.05, 3.63) is 0 Å². The molecule has 1 amide bonds. The third kappa shape index (κ3) is 3.12. The zero-order chi connectivity index (χ0) is 11.6. The molecule has 7 heteroatoms. The minimum Gasteiger partial charge on any atom is -0.481 e. The van der Waals surface area contributed by atoms with E-state index >= 15 is 0 Å². The Balaban J connectivity index is 2.30. The lowest BCUT2D eigenvalue weighted by Crippen LogP contribution is -2.40. The fourth-order valence-electron chi connectivity index (χ4n) is 1.16. The van der Waals surface area contributed by atoms with E-state index in [2.05, 4.69) is 0 Å². The number of amides is 1. The summed E-state index contributed by atoms with van der Waals surface area (Å²) in [5, 5.41) is 18.6. The van der Waals surface area contributed by atoms with Crippen LogP contribution >= 0.6 is 0 Å². The second-order valence-electron chi connectivity index (χ2n) is 3.52. The Kier molecular flexibility index (Phi) is 3.23. The zero-order valence-corrected chi connectivity index (χ0v) is 7.74. The van der Waals surface area contributed by atoms with Gasteiger partial charge in [-0.2, -0.15) is 0 Å². The number of carbonyl (C=O) groups excluding carboxylic acids is 1. The van der Waals surface area contributed by atoms with E-state index in [4.69, 9.17) is 10.2 Å². The predicted molar refractivity (Wildman–Crippen MR) is 44.3 cm³/mol. The van der Waals surface area contributed by atoms with Gasteiger partial charge in [-0.15, -0.1) is 0 Å². The summed E-state index contributed by atoms with van der Waals surface area (Å²) in [7, 11) is 0. The number of rotatable bonds is 5. The van der Waals surface area contributed by atoms with Crippen LogP contribution in [-0.4, -0.2) is 41.2 Å². The summed E-state index contributed by atoms with van der Waals surface area (Å²) in [6, 6.07) is 0. The fourth-order valence-corrected chi connectivity index (χ4v) is 1.16. The standard InChI is InChI=1S/C8H11F2NO4/c9-8(10,3-12)2-11-6(13)4-1-5(4)7(14)15/h4-5,12H,1-3H2,(H,11,13)(H,14,15).